The molecule has 2 aromatic heterocycles. The minimum Gasteiger partial charge on any atom is -0.356 e. The smallest absolute Gasteiger partial charge is 0.172 e. The van der Waals surface area contributed by atoms with Gasteiger partial charge >= 0.3 is 0 Å². The zero-order valence-corrected chi connectivity index (χ0v) is 16.0. The molecule has 0 atom stereocenters. The summed E-state index contributed by atoms with van der Waals surface area (Å²) >= 11 is 0. The highest BCUT2D eigenvalue weighted by Gasteiger charge is 2.25. The van der Waals surface area contributed by atoms with Crippen LogP contribution < -0.4 is 4.90 Å². The molecule has 1 aliphatic rings. The van der Waals surface area contributed by atoms with Gasteiger partial charge in [-0.15, -0.1) is 10.2 Å². The highest BCUT2D eigenvalue weighted by atomic mass is 19.1. The molecular weight excluding hydrogens is 367 g/mol. The van der Waals surface area contributed by atoms with Crippen molar-refractivity contribution in [3.63, 3.8) is 0 Å². The van der Waals surface area contributed by atoms with E-state index in [9.17, 15) is 4.39 Å². The summed E-state index contributed by atoms with van der Waals surface area (Å²) in [7, 11) is 0. The summed E-state index contributed by atoms with van der Waals surface area (Å²) in [6.45, 7) is 3.49. The van der Waals surface area contributed by atoms with Crippen LogP contribution in [0.15, 0.2) is 65.2 Å². The summed E-state index contributed by atoms with van der Waals surface area (Å²) in [5, 5.41) is 13.1. The Kier molecular flexibility index (Phi) is 4.31. The van der Waals surface area contributed by atoms with Crippen molar-refractivity contribution in [2.75, 3.05) is 11.4 Å². The number of rotatable bonds is 3. The topological polar surface area (TPSA) is 55.1 Å². The van der Waals surface area contributed by atoms with Gasteiger partial charge in [0.1, 0.15) is 5.82 Å². The van der Waals surface area contributed by atoms with Crippen LogP contribution in [-0.4, -0.2) is 21.9 Å². The van der Waals surface area contributed by atoms with Crippen LogP contribution in [-0.2, 0) is 13.0 Å². The maximum absolute atomic E-state index is 13.3. The van der Waals surface area contributed by atoms with Gasteiger partial charge < -0.3 is 9.42 Å². The summed E-state index contributed by atoms with van der Waals surface area (Å²) < 4.78 is 18.8. The minimum absolute atomic E-state index is 0.271. The van der Waals surface area contributed by atoms with E-state index in [0.29, 0.717) is 12.3 Å². The molecule has 0 saturated carbocycles. The SMILES string of the molecule is Cc1ccc(-c2ccc(N3CCc4noc(-c5ccc(F)cc5)c4C3)nn2)cc1. The second kappa shape index (κ2) is 7.13. The molecule has 5 rings (SSSR count). The van der Waals surface area contributed by atoms with Crippen LogP contribution in [0.5, 0.6) is 0 Å². The van der Waals surface area contributed by atoms with Gasteiger partial charge in [-0.1, -0.05) is 35.0 Å². The average molecular weight is 386 g/mol. The summed E-state index contributed by atoms with van der Waals surface area (Å²) in [5.74, 6) is 1.24. The maximum atomic E-state index is 13.3. The van der Waals surface area contributed by atoms with Gasteiger partial charge in [-0.3, -0.25) is 0 Å². The minimum atomic E-state index is -0.271. The van der Waals surface area contributed by atoms with Gasteiger partial charge in [0.15, 0.2) is 11.6 Å². The Balaban J connectivity index is 1.40. The van der Waals surface area contributed by atoms with Crippen molar-refractivity contribution in [3.05, 3.63) is 83.3 Å². The predicted octanol–water partition coefficient (Wildman–Crippen LogP) is 4.81. The second-order valence-electron chi connectivity index (χ2n) is 7.26. The molecule has 6 heteroatoms. The van der Waals surface area contributed by atoms with Crippen LogP contribution in [0.25, 0.3) is 22.6 Å². The monoisotopic (exact) mass is 386 g/mol. The van der Waals surface area contributed by atoms with Gasteiger partial charge in [-0.25, -0.2) is 4.39 Å². The normalized spacial score (nSPS) is 13.4. The van der Waals surface area contributed by atoms with Crippen LogP contribution >= 0.6 is 0 Å². The van der Waals surface area contributed by atoms with Crippen molar-refractivity contribution in [1.29, 1.82) is 0 Å². The fourth-order valence-electron chi connectivity index (χ4n) is 3.61. The van der Waals surface area contributed by atoms with Gasteiger partial charge in [0.05, 0.1) is 17.9 Å². The molecule has 0 aliphatic carbocycles. The highest BCUT2D eigenvalue weighted by molar-refractivity contribution is 5.64. The Hall–Kier alpha value is -3.54. The van der Waals surface area contributed by atoms with Gasteiger partial charge in [0, 0.05) is 29.7 Å². The van der Waals surface area contributed by atoms with Crippen LogP contribution in [0.2, 0.25) is 0 Å². The number of aromatic nitrogens is 3. The van der Waals surface area contributed by atoms with E-state index in [0.717, 1.165) is 46.9 Å². The first-order valence-electron chi connectivity index (χ1n) is 9.56. The van der Waals surface area contributed by atoms with Gasteiger partial charge in [0.25, 0.3) is 0 Å². The number of anilines is 1. The maximum Gasteiger partial charge on any atom is 0.172 e. The molecule has 4 aromatic rings. The molecule has 5 nitrogen and oxygen atoms in total. The van der Waals surface area contributed by atoms with Crippen molar-refractivity contribution >= 4 is 5.82 Å². The number of hydrogen-bond acceptors (Lipinski definition) is 5. The fraction of sp³-hybridized carbons (Fsp3) is 0.174. The van der Waals surface area contributed by atoms with Crippen LogP contribution in [0.1, 0.15) is 16.8 Å². The van der Waals surface area contributed by atoms with Crippen molar-refractivity contribution in [3.8, 4) is 22.6 Å². The molecule has 0 fully saturated rings. The lowest BCUT2D eigenvalue weighted by Gasteiger charge is -2.27. The molecule has 1 aliphatic heterocycles. The van der Waals surface area contributed by atoms with Crippen LogP contribution in [0.4, 0.5) is 10.2 Å². The first-order chi connectivity index (χ1) is 14.2. The first-order valence-corrected chi connectivity index (χ1v) is 9.56. The van der Waals surface area contributed by atoms with Gasteiger partial charge in [0.2, 0.25) is 0 Å². The molecule has 0 radical (unpaired) electrons. The molecule has 3 heterocycles. The number of nitrogens with zero attached hydrogens (tertiary/aromatic N) is 4. The first kappa shape index (κ1) is 17.6. The largest absolute Gasteiger partial charge is 0.356 e. The lowest BCUT2D eigenvalue weighted by atomic mass is 10.0. The summed E-state index contributed by atoms with van der Waals surface area (Å²) in [4.78, 5) is 2.17. The van der Waals surface area contributed by atoms with Crippen molar-refractivity contribution in [1.82, 2.24) is 15.4 Å². The molecule has 0 saturated heterocycles. The standard InChI is InChI=1S/C23H19FN4O/c1-15-2-4-16(5-3-15)20-10-11-22(26-25-20)28-13-12-21-19(14-28)23(29-27-21)17-6-8-18(24)9-7-17/h2-11H,12-14H2,1H3. The van der Waals surface area contributed by atoms with E-state index >= 15 is 0 Å². The third-order valence-electron chi connectivity index (χ3n) is 5.27. The molecule has 0 spiro atoms. The van der Waals surface area contributed by atoms with E-state index in [2.05, 4.69) is 51.4 Å². The third kappa shape index (κ3) is 3.38. The molecule has 29 heavy (non-hydrogen) atoms. The molecule has 144 valence electrons. The second-order valence-corrected chi connectivity index (χ2v) is 7.26. The molecular formula is C23H19FN4O. The third-order valence-corrected chi connectivity index (χ3v) is 5.27. The lowest BCUT2D eigenvalue weighted by molar-refractivity contribution is 0.424. The van der Waals surface area contributed by atoms with Crippen LogP contribution in [0.3, 0.4) is 0 Å². The number of halogens is 1. The van der Waals surface area contributed by atoms with Crippen molar-refractivity contribution < 1.29 is 8.91 Å². The van der Waals surface area contributed by atoms with E-state index in [-0.39, 0.29) is 5.82 Å². The summed E-state index contributed by atoms with van der Waals surface area (Å²) in [6, 6.07) is 18.5. The quantitative estimate of drug-likeness (QED) is 0.506. The zero-order chi connectivity index (χ0) is 19.8. The number of aryl methyl sites for hydroxylation is 1. The molecule has 0 amide bonds. The van der Waals surface area contributed by atoms with E-state index < -0.39 is 0 Å². The van der Waals surface area contributed by atoms with Gasteiger partial charge in [-0.2, -0.15) is 0 Å². The van der Waals surface area contributed by atoms with Crippen molar-refractivity contribution in [2.45, 2.75) is 19.9 Å². The average Bonchev–Trinajstić information content (AvgIpc) is 3.18. The Morgan fingerprint density at radius 1 is 0.897 bits per heavy atom. The van der Waals surface area contributed by atoms with Crippen LogP contribution in [0, 0.1) is 12.7 Å². The Morgan fingerprint density at radius 3 is 2.38 bits per heavy atom. The summed E-state index contributed by atoms with van der Waals surface area (Å²) in [6.07, 6.45) is 0.765. The van der Waals surface area contributed by atoms with Gasteiger partial charge in [-0.05, 0) is 43.3 Å². The predicted molar refractivity (Wildman–Crippen MR) is 109 cm³/mol. The summed E-state index contributed by atoms with van der Waals surface area (Å²) in [5.41, 5.74) is 5.91. The Morgan fingerprint density at radius 2 is 1.66 bits per heavy atom. The van der Waals surface area contributed by atoms with E-state index in [1.807, 2.05) is 12.1 Å². The molecule has 2 aromatic carbocycles. The number of hydrogen-bond donors (Lipinski definition) is 0. The number of fused-ring (bicyclic) bond motifs is 1. The van der Waals surface area contributed by atoms with E-state index in [1.54, 1.807) is 12.1 Å². The fourth-order valence-corrected chi connectivity index (χ4v) is 3.61. The van der Waals surface area contributed by atoms with Crippen molar-refractivity contribution in [2.24, 2.45) is 0 Å². The highest BCUT2D eigenvalue weighted by Crippen LogP contribution is 2.32. The molecule has 0 N–H and O–H groups in total. The molecule has 0 unspecified atom stereocenters. The zero-order valence-electron chi connectivity index (χ0n) is 16.0. The van der Waals surface area contributed by atoms with E-state index in [4.69, 9.17) is 4.52 Å². The number of benzene rings is 2. The Bertz CT molecular complexity index is 1140. The molecule has 0 bridgehead atoms. The Labute approximate surface area is 167 Å². The van der Waals surface area contributed by atoms with E-state index in [1.165, 1.54) is 17.7 Å². The lowest BCUT2D eigenvalue weighted by Crippen LogP contribution is -2.31.